The van der Waals surface area contributed by atoms with Gasteiger partial charge in [-0.2, -0.15) is 0 Å². The first-order chi connectivity index (χ1) is 8.88. The second-order valence-electron chi connectivity index (χ2n) is 3.97. The van der Waals surface area contributed by atoms with Crippen LogP contribution in [0.25, 0.3) is 10.2 Å². The van der Waals surface area contributed by atoms with Gasteiger partial charge in [0.05, 0.1) is 20.9 Å². The fourth-order valence-electron chi connectivity index (χ4n) is 1.62. The maximum absolute atomic E-state index is 11.1. The van der Waals surface area contributed by atoms with Crippen LogP contribution in [0.2, 0.25) is 0 Å². The van der Waals surface area contributed by atoms with Gasteiger partial charge in [0, 0.05) is 12.8 Å². The van der Waals surface area contributed by atoms with E-state index >= 15 is 0 Å². The summed E-state index contributed by atoms with van der Waals surface area (Å²) in [6.07, 6.45) is 1.12. The van der Waals surface area contributed by atoms with Crippen LogP contribution in [0.5, 0.6) is 0 Å². The monoisotopic (exact) mass is 301 g/mol. The average molecular weight is 301 g/mol. The molecule has 0 amide bonds. The standard InChI is InChI=1S/C10H11N3O4S2/c1-19(16,17)5-4-11-7-2-3-8-9(12-6-18-8)10(7)13(14)15/h2-3,6,11H,4-5H2,1H3. The SMILES string of the molecule is CS(=O)(=O)CCNc1ccc2scnc2c1[N+](=O)[O-]. The number of nitrogens with one attached hydrogen (secondary N) is 1. The summed E-state index contributed by atoms with van der Waals surface area (Å²) >= 11 is 1.32. The number of aromatic nitrogens is 1. The molecule has 1 aromatic carbocycles. The molecule has 2 rings (SSSR count). The van der Waals surface area contributed by atoms with Crippen LogP contribution >= 0.6 is 11.3 Å². The Labute approximate surface area is 113 Å². The van der Waals surface area contributed by atoms with E-state index in [4.69, 9.17) is 0 Å². The molecule has 7 nitrogen and oxygen atoms in total. The second-order valence-corrected chi connectivity index (χ2v) is 7.12. The quantitative estimate of drug-likeness (QED) is 0.665. The van der Waals surface area contributed by atoms with Gasteiger partial charge in [-0.05, 0) is 12.1 Å². The van der Waals surface area contributed by atoms with Crippen LogP contribution in [-0.2, 0) is 9.84 Å². The zero-order chi connectivity index (χ0) is 14.0. The van der Waals surface area contributed by atoms with Crippen molar-refractivity contribution in [2.75, 3.05) is 23.9 Å². The minimum atomic E-state index is -3.10. The van der Waals surface area contributed by atoms with Gasteiger partial charge >= 0.3 is 5.69 Å². The van der Waals surface area contributed by atoms with Crippen molar-refractivity contribution in [2.24, 2.45) is 0 Å². The van der Waals surface area contributed by atoms with Crippen molar-refractivity contribution < 1.29 is 13.3 Å². The van der Waals surface area contributed by atoms with Gasteiger partial charge in [0.2, 0.25) is 0 Å². The lowest BCUT2D eigenvalue weighted by atomic mass is 10.2. The number of anilines is 1. The van der Waals surface area contributed by atoms with E-state index in [1.165, 1.54) is 16.8 Å². The highest BCUT2D eigenvalue weighted by Gasteiger charge is 2.20. The van der Waals surface area contributed by atoms with Crippen LogP contribution in [0.15, 0.2) is 17.6 Å². The third-order valence-corrected chi connectivity index (χ3v) is 4.19. The first-order valence-corrected chi connectivity index (χ1v) is 8.25. The average Bonchev–Trinajstić information content (AvgIpc) is 2.74. The van der Waals surface area contributed by atoms with Gasteiger partial charge in [-0.15, -0.1) is 11.3 Å². The molecule has 1 aromatic heterocycles. The van der Waals surface area contributed by atoms with Crippen molar-refractivity contribution in [3.8, 4) is 0 Å². The Morgan fingerprint density at radius 1 is 1.47 bits per heavy atom. The number of thiazole rings is 1. The third kappa shape index (κ3) is 3.18. The van der Waals surface area contributed by atoms with E-state index in [-0.39, 0.29) is 23.7 Å². The van der Waals surface area contributed by atoms with Gasteiger partial charge in [0.25, 0.3) is 0 Å². The number of nitro groups is 1. The molecule has 1 N–H and O–H groups in total. The predicted octanol–water partition coefficient (Wildman–Crippen LogP) is 1.66. The summed E-state index contributed by atoms with van der Waals surface area (Å²) in [5.74, 6) is -0.0841. The highest BCUT2D eigenvalue weighted by molar-refractivity contribution is 7.90. The predicted molar refractivity (Wildman–Crippen MR) is 74.5 cm³/mol. The smallest absolute Gasteiger partial charge is 0.319 e. The van der Waals surface area contributed by atoms with Crippen molar-refractivity contribution >= 4 is 42.8 Å². The van der Waals surface area contributed by atoms with Gasteiger partial charge < -0.3 is 5.32 Å². The molecule has 0 atom stereocenters. The minimum Gasteiger partial charge on any atom is -0.378 e. The lowest BCUT2D eigenvalue weighted by Crippen LogP contribution is -2.14. The zero-order valence-electron chi connectivity index (χ0n) is 9.99. The summed E-state index contributed by atoms with van der Waals surface area (Å²) in [5, 5.41) is 13.9. The highest BCUT2D eigenvalue weighted by Crippen LogP contribution is 2.34. The zero-order valence-corrected chi connectivity index (χ0v) is 11.6. The first-order valence-electron chi connectivity index (χ1n) is 5.30. The summed E-state index contributed by atoms with van der Waals surface area (Å²) in [7, 11) is -3.10. The topological polar surface area (TPSA) is 102 Å². The first kappa shape index (κ1) is 13.7. The van der Waals surface area contributed by atoms with E-state index in [1.807, 2.05) is 0 Å². The summed E-state index contributed by atoms with van der Waals surface area (Å²) in [6, 6.07) is 3.30. The number of rotatable bonds is 5. The second kappa shape index (κ2) is 5.10. The van der Waals surface area contributed by atoms with Crippen molar-refractivity contribution in [2.45, 2.75) is 0 Å². The van der Waals surface area contributed by atoms with Gasteiger partial charge in [-0.25, -0.2) is 13.4 Å². The van der Waals surface area contributed by atoms with Crippen LogP contribution in [0, 0.1) is 10.1 Å². The Balaban J connectivity index is 2.32. The fraction of sp³-hybridized carbons (Fsp3) is 0.300. The Morgan fingerprint density at radius 2 is 2.21 bits per heavy atom. The Kier molecular flexibility index (Phi) is 3.67. The molecular formula is C10H11N3O4S2. The molecule has 102 valence electrons. The number of hydrogen-bond acceptors (Lipinski definition) is 7. The number of fused-ring (bicyclic) bond motifs is 1. The fourth-order valence-corrected chi connectivity index (χ4v) is 2.77. The number of nitrogens with zero attached hydrogens (tertiary/aromatic N) is 2. The van der Waals surface area contributed by atoms with E-state index in [2.05, 4.69) is 10.3 Å². The lowest BCUT2D eigenvalue weighted by molar-refractivity contribution is -0.382. The van der Waals surface area contributed by atoms with Crippen molar-refractivity contribution in [1.29, 1.82) is 0 Å². The maximum Gasteiger partial charge on any atom is 0.319 e. The molecule has 2 aromatic rings. The molecular weight excluding hydrogens is 290 g/mol. The molecule has 0 spiro atoms. The van der Waals surface area contributed by atoms with Crippen LogP contribution < -0.4 is 5.32 Å². The summed E-state index contributed by atoms with van der Waals surface area (Å²) in [6.45, 7) is 0.120. The van der Waals surface area contributed by atoms with Gasteiger partial charge in [0.15, 0.2) is 5.52 Å². The molecule has 1 heterocycles. The van der Waals surface area contributed by atoms with Crippen molar-refractivity contribution in [1.82, 2.24) is 4.98 Å². The minimum absolute atomic E-state index is 0.0841. The van der Waals surface area contributed by atoms with Crippen LogP contribution in [-0.4, -0.2) is 36.9 Å². The largest absolute Gasteiger partial charge is 0.378 e. The van der Waals surface area contributed by atoms with E-state index in [0.29, 0.717) is 5.52 Å². The maximum atomic E-state index is 11.1. The van der Waals surface area contributed by atoms with E-state index in [1.54, 1.807) is 12.1 Å². The van der Waals surface area contributed by atoms with Crippen molar-refractivity contribution in [3.05, 3.63) is 27.8 Å². The van der Waals surface area contributed by atoms with E-state index in [9.17, 15) is 18.5 Å². The van der Waals surface area contributed by atoms with E-state index in [0.717, 1.165) is 11.0 Å². The molecule has 0 saturated carbocycles. The molecule has 0 aliphatic rings. The Hall–Kier alpha value is -1.74. The highest BCUT2D eigenvalue weighted by atomic mass is 32.2. The third-order valence-electron chi connectivity index (χ3n) is 2.45. The molecule has 0 bridgehead atoms. The lowest BCUT2D eigenvalue weighted by Gasteiger charge is -2.06. The van der Waals surface area contributed by atoms with Crippen molar-refractivity contribution in [3.63, 3.8) is 0 Å². The van der Waals surface area contributed by atoms with Crippen LogP contribution in [0.1, 0.15) is 0 Å². The Bertz CT molecular complexity index is 723. The number of benzene rings is 1. The molecule has 0 aliphatic heterocycles. The molecule has 0 radical (unpaired) electrons. The van der Waals surface area contributed by atoms with Crippen LogP contribution in [0.3, 0.4) is 0 Å². The molecule has 9 heteroatoms. The van der Waals surface area contributed by atoms with E-state index < -0.39 is 14.8 Å². The molecule has 0 saturated heterocycles. The normalized spacial score (nSPS) is 11.6. The summed E-state index contributed by atoms with van der Waals surface area (Å²) < 4.78 is 22.8. The van der Waals surface area contributed by atoms with Crippen LogP contribution in [0.4, 0.5) is 11.4 Å². The van der Waals surface area contributed by atoms with Gasteiger partial charge in [-0.3, -0.25) is 10.1 Å². The molecule has 0 aliphatic carbocycles. The summed E-state index contributed by atoms with van der Waals surface area (Å²) in [4.78, 5) is 14.6. The van der Waals surface area contributed by atoms with Gasteiger partial charge in [0.1, 0.15) is 15.5 Å². The molecule has 19 heavy (non-hydrogen) atoms. The molecule has 0 unspecified atom stereocenters. The number of sulfone groups is 1. The Morgan fingerprint density at radius 3 is 2.84 bits per heavy atom. The summed E-state index contributed by atoms with van der Waals surface area (Å²) in [5.41, 5.74) is 2.02. The van der Waals surface area contributed by atoms with Gasteiger partial charge in [-0.1, -0.05) is 0 Å². The number of nitro benzene ring substituents is 1. The molecule has 0 fully saturated rings. The number of hydrogen-bond donors (Lipinski definition) is 1.